The van der Waals surface area contributed by atoms with E-state index in [2.05, 4.69) is 30.9 Å². The molecular weight excluding hydrogens is 274 g/mol. The number of rotatable bonds is 8. The fourth-order valence-electron chi connectivity index (χ4n) is 1.69. The number of thioether (sulfide) groups is 1. The van der Waals surface area contributed by atoms with E-state index in [1.54, 1.807) is 6.20 Å². The third-order valence-electron chi connectivity index (χ3n) is 2.59. The zero-order valence-corrected chi connectivity index (χ0v) is 12.5. The van der Waals surface area contributed by atoms with Gasteiger partial charge in [0.05, 0.1) is 6.20 Å². The number of nitrogens with one attached hydrogen (secondary N) is 2. The first kappa shape index (κ1) is 14.6. The molecule has 0 aliphatic rings. The summed E-state index contributed by atoms with van der Waals surface area (Å²) in [6.45, 7) is 4.56. The summed E-state index contributed by atoms with van der Waals surface area (Å²) in [5.41, 5.74) is 0. The molecule has 0 atom stereocenters. The van der Waals surface area contributed by atoms with Gasteiger partial charge < -0.3 is 10.6 Å². The van der Waals surface area contributed by atoms with Crippen molar-refractivity contribution in [1.82, 2.24) is 25.0 Å². The predicted molar refractivity (Wildman–Crippen MR) is 81.1 cm³/mol. The molecule has 0 aliphatic carbocycles. The van der Waals surface area contributed by atoms with Gasteiger partial charge in [-0.3, -0.25) is 4.68 Å². The molecule has 0 aliphatic heterocycles. The maximum Gasteiger partial charge on any atom is 0.191 e. The van der Waals surface area contributed by atoms with Gasteiger partial charge in [0.2, 0.25) is 0 Å². The van der Waals surface area contributed by atoms with Gasteiger partial charge in [-0.25, -0.2) is 9.97 Å². The monoisotopic (exact) mass is 293 g/mol. The summed E-state index contributed by atoms with van der Waals surface area (Å²) in [6, 6.07) is 1.93. The number of anilines is 2. The summed E-state index contributed by atoms with van der Waals surface area (Å²) in [5, 5.41) is 15.0. The van der Waals surface area contributed by atoms with E-state index < -0.39 is 0 Å². The van der Waals surface area contributed by atoms with Crippen molar-refractivity contribution in [3.05, 3.63) is 18.5 Å². The SMILES string of the molecule is CCNc1cc(NCCCn2ccnn2)nc(SC)n1. The Labute approximate surface area is 122 Å². The maximum atomic E-state index is 4.43. The van der Waals surface area contributed by atoms with Crippen LogP contribution in [0.5, 0.6) is 0 Å². The van der Waals surface area contributed by atoms with E-state index in [9.17, 15) is 0 Å². The van der Waals surface area contributed by atoms with E-state index >= 15 is 0 Å². The lowest BCUT2D eigenvalue weighted by atomic mass is 10.4. The average Bonchev–Trinajstić information content (AvgIpc) is 2.97. The van der Waals surface area contributed by atoms with Crippen molar-refractivity contribution in [2.45, 2.75) is 25.0 Å². The Morgan fingerprint density at radius 1 is 1.25 bits per heavy atom. The summed E-state index contributed by atoms with van der Waals surface area (Å²) in [5.74, 6) is 1.70. The quantitative estimate of drug-likeness (QED) is 0.436. The standard InChI is InChI=1S/C12H19N7S/c1-3-13-10-9-11(17-12(16-10)20-2)14-5-4-7-19-8-6-15-18-19/h6,8-9H,3-5,7H2,1-2H3,(H2,13,14,16,17). The molecule has 0 amide bonds. The minimum Gasteiger partial charge on any atom is -0.370 e. The summed E-state index contributed by atoms with van der Waals surface area (Å²) in [7, 11) is 0. The van der Waals surface area contributed by atoms with Gasteiger partial charge in [0.15, 0.2) is 5.16 Å². The molecule has 0 saturated heterocycles. The van der Waals surface area contributed by atoms with Crippen molar-refractivity contribution in [1.29, 1.82) is 0 Å². The Morgan fingerprint density at radius 3 is 2.70 bits per heavy atom. The van der Waals surface area contributed by atoms with Crippen molar-refractivity contribution in [2.24, 2.45) is 0 Å². The summed E-state index contributed by atoms with van der Waals surface area (Å²) < 4.78 is 1.82. The number of aryl methyl sites for hydroxylation is 1. The Kier molecular flexibility index (Phi) is 5.60. The number of nitrogens with zero attached hydrogens (tertiary/aromatic N) is 5. The highest BCUT2D eigenvalue weighted by atomic mass is 32.2. The fourth-order valence-corrected chi connectivity index (χ4v) is 2.07. The van der Waals surface area contributed by atoms with Crippen LogP contribution in [-0.2, 0) is 6.54 Å². The highest BCUT2D eigenvalue weighted by molar-refractivity contribution is 7.98. The van der Waals surface area contributed by atoms with Crippen molar-refractivity contribution in [3.8, 4) is 0 Å². The second-order valence-electron chi connectivity index (χ2n) is 4.10. The zero-order chi connectivity index (χ0) is 14.2. The van der Waals surface area contributed by atoms with Crippen LogP contribution < -0.4 is 10.6 Å². The van der Waals surface area contributed by atoms with Gasteiger partial charge >= 0.3 is 0 Å². The van der Waals surface area contributed by atoms with Gasteiger partial charge in [-0.15, -0.1) is 5.10 Å². The van der Waals surface area contributed by atoms with E-state index in [0.717, 1.165) is 42.8 Å². The van der Waals surface area contributed by atoms with Gasteiger partial charge in [0, 0.05) is 31.9 Å². The molecular formula is C12H19N7S. The van der Waals surface area contributed by atoms with Crippen LogP contribution in [-0.4, -0.2) is 44.3 Å². The maximum absolute atomic E-state index is 4.43. The minimum absolute atomic E-state index is 0.766. The van der Waals surface area contributed by atoms with E-state index in [4.69, 9.17) is 0 Å². The highest BCUT2D eigenvalue weighted by Crippen LogP contribution is 2.17. The zero-order valence-electron chi connectivity index (χ0n) is 11.7. The summed E-state index contributed by atoms with van der Waals surface area (Å²) >= 11 is 1.54. The molecule has 2 aromatic heterocycles. The molecule has 108 valence electrons. The summed E-state index contributed by atoms with van der Waals surface area (Å²) in [6.07, 6.45) is 6.48. The molecule has 7 nitrogen and oxygen atoms in total. The molecule has 2 heterocycles. The first-order valence-corrected chi connectivity index (χ1v) is 7.79. The summed E-state index contributed by atoms with van der Waals surface area (Å²) in [4.78, 5) is 8.82. The first-order chi connectivity index (χ1) is 9.81. The van der Waals surface area contributed by atoms with Crippen LogP contribution in [0.2, 0.25) is 0 Å². The van der Waals surface area contributed by atoms with E-state index in [0.29, 0.717) is 0 Å². The minimum atomic E-state index is 0.766. The number of hydrogen-bond donors (Lipinski definition) is 2. The van der Waals surface area contributed by atoms with E-state index in [-0.39, 0.29) is 0 Å². The van der Waals surface area contributed by atoms with Crippen LogP contribution in [0, 0.1) is 0 Å². The Bertz CT molecular complexity index is 515. The largest absolute Gasteiger partial charge is 0.370 e. The Morgan fingerprint density at radius 2 is 2.05 bits per heavy atom. The Hall–Kier alpha value is -1.83. The van der Waals surface area contributed by atoms with Crippen LogP contribution in [0.15, 0.2) is 23.6 Å². The van der Waals surface area contributed by atoms with Crippen LogP contribution in [0.3, 0.4) is 0 Å². The fraction of sp³-hybridized carbons (Fsp3) is 0.500. The second-order valence-corrected chi connectivity index (χ2v) is 4.88. The third kappa shape index (κ3) is 4.37. The van der Waals surface area contributed by atoms with E-state index in [1.165, 1.54) is 11.8 Å². The topological polar surface area (TPSA) is 80.5 Å². The smallest absolute Gasteiger partial charge is 0.191 e. The van der Waals surface area contributed by atoms with Crippen LogP contribution in [0.4, 0.5) is 11.6 Å². The van der Waals surface area contributed by atoms with Crippen LogP contribution in [0.1, 0.15) is 13.3 Å². The van der Waals surface area contributed by atoms with Crippen molar-refractivity contribution < 1.29 is 0 Å². The molecule has 0 aromatic carbocycles. The molecule has 0 spiro atoms. The molecule has 8 heteroatoms. The molecule has 0 unspecified atom stereocenters. The van der Waals surface area contributed by atoms with Gasteiger partial charge in [-0.1, -0.05) is 17.0 Å². The lowest BCUT2D eigenvalue weighted by molar-refractivity contribution is 0.569. The lowest BCUT2D eigenvalue weighted by Crippen LogP contribution is -2.10. The predicted octanol–water partition coefficient (Wildman–Crippen LogP) is 1.72. The highest BCUT2D eigenvalue weighted by Gasteiger charge is 2.03. The van der Waals surface area contributed by atoms with Gasteiger partial charge in [0.25, 0.3) is 0 Å². The molecule has 2 N–H and O–H groups in total. The number of hydrogen-bond acceptors (Lipinski definition) is 7. The van der Waals surface area contributed by atoms with Gasteiger partial charge in [-0.2, -0.15) is 0 Å². The van der Waals surface area contributed by atoms with Gasteiger partial charge in [-0.05, 0) is 19.6 Å². The van der Waals surface area contributed by atoms with Crippen LogP contribution in [0.25, 0.3) is 0 Å². The average molecular weight is 293 g/mol. The molecule has 20 heavy (non-hydrogen) atoms. The van der Waals surface area contributed by atoms with Crippen molar-refractivity contribution >= 4 is 23.4 Å². The number of aromatic nitrogens is 5. The van der Waals surface area contributed by atoms with Crippen LogP contribution >= 0.6 is 11.8 Å². The Balaban J connectivity index is 1.86. The normalized spacial score (nSPS) is 10.5. The van der Waals surface area contributed by atoms with Crippen molar-refractivity contribution in [2.75, 3.05) is 30.0 Å². The molecule has 0 fully saturated rings. The molecule has 2 aromatic rings. The second kappa shape index (κ2) is 7.68. The lowest BCUT2D eigenvalue weighted by Gasteiger charge is -2.09. The molecule has 0 saturated carbocycles. The third-order valence-corrected chi connectivity index (χ3v) is 3.14. The van der Waals surface area contributed by atoms with Crippen molar-refractivity contribution in [3.63, 3.8) is 0 Å². The molecule has 0 bridgehead atoms. The van der Waals surface area contributed by atoms with E-state index in [1.807, 2.05) is 30.1 Å². The molecule has 0 radical (unpaired) electrons. The van der Waals surface area contributed by atoms with Gasteiger partial charge in [0.1, 0.15) is 11.6 Å². The first-order valence-electron chi connectivity index (χ1n) is 6.56. The molecule has 2 rings (SSSR count).